The molecule has 1 aromatic heterocycles. The molecule has 1 amide bonds. The highest BCUT2D eigenvalue weighted by Gasteiger charge is 2.48. The molecule has 4 rings (SSSR count). The van der Waals surface area contributed by atoms with Crippen molar-refractivity contribution in [1.82, 2.24) is 4.98 Å². The maximum Gasteiger partial charge on any atom is 0.335 e. The smallest absolute Gasteiger partial charge is 0.335 e. The van der Waals surface area contributed by atoms with Gasteiger partial charge in [0.25, 0.3) is 0 Å². The number of amides is 1. The number of nitrogens with one attached hydrogen (secondary N) is 1. The van der Waals surface area contributed by atoms with Gasteiger partial charge in [0, 0.05) is 29.9 Å². The van der Waals surface area contributed by atoms with Gasteiger partial charge in [0.05, 0.1) is 0 Å². The first kappa shape index (κ1) is 18.7. The number of nitrogens with zero attached hydrogens (tertiary/aromatic N) is 1. The fourth-order valence-electron chi connectivity index (χ4n) is 3.70. The second kappa shape index (κ2) is 6.74. The highest BCUT2D eigenvalue weighted by Crippen LogP contribution is 2.36. The number of hydrogen-bond acceptors (Lipinski definition) is 7. The number of carboxylic acids is 1. The third kappa shape index (κ3) is 2.90. The van der Waals surface area contributed by atoms with Gasteiger partial charge in [-0.3, -0.25) is 9.69 Å². The number of ether oxygens (including phenoxy) is 2. The number of aliphatic hydroxyl groups excluding tert-OH is 3. The van der Waals surface area contributed by atoms with E-state index < -0.39 is 36.7 Å². The Balaban J connectivity index is 1.61. The van der Waals surface area contributed by atoms with Gasteiger partial charge in [-0.15, -0.1) is 0 Å². The van der Waals surface area contributed by atoms with Crippen LogP contribution in [0.3, 0.4) is 0 Å². The molecule has 2 aliphatic rings. The summed E-state index contributed by atoms with van der Waals surface area (Å²) in [4.78, 5) is 27.8. The van der Waals surface area contributed by atoms with E-state index in [1.54, 1.807) is 23.1 Å². The van der Waals surface area contributed by atoms with E-state index >= 15 is 0 Å². The Morgan fingerprint density at radius 2 is 1.96 bits per heavy atom. The predicted octanol–water partition coefficient (Wildman–Crippen LogP) is -0.652. The number of carbonyl (C=O) groups excluding carboxylic acids is 1. The lowest BCUT2D eigenvalue weighted by Crippen LogP contribution is -2.61. The predicted molar refractivity (Wildman–Crippen MR) is 95.0 cm³/mol. The number of hydrogen-bond donors (Lipinski definition) is 5. The lowest BCUT2D eigenvalue weighted by atomic mass is 9.99. The van der Waals surface area contributed by atoms with Crippen molar-refractivity contribution in [3.63, 3.8) is 0 Å². The molecular formula is C18H20N2O8. The third-order valence-corrected chi connectivity index (χ3v) is 5.16. The molecule has 0 unspecified atom stereocenters. The average Bonchev–Trinajstić information content (AvgIpc) is 3.21. The molecule has 10 heteroatoms. The fraction of sp³-hybridized carbons (Fsp3) is 0.444. The van der Waals surface area contributed by atoms with Crippen molar-refractivity contribution in [2.75, 3.05) is 11.4 Å². The molecule has 1 fully saturated rings. The van der Waals surface area contributed by atoms with Gasteiger partial charge in [-0.05, 0) is 24.6 Å². The molecule has 10 nitrogen and oxygen atoms in total. The second-order valence-corrected chi connectivity index (χ2v) is 6.93. The van der Waals surface area contributed by atoms with E-state index in [0.29, 0.717) is 13.0 Å². The van der Waals surface area contributed by atoms with Crippen LogP contribution in [0.1, 0.15) is 12.5 Å². The molecule has 0 saturated carbocycles. The van der Waals surface area contributed by atoms with Crippen molar-refractivity contribution < 1.29 is 39.5 Å². The Hall–Kier alpha value is -2.66. The standard InChI is InChI=1S/C18H20N2O8/c1-7(21)20-5-4-9-10-6-8(2-3-11(10)19-16(9)20)27-18-14(24)12(22)13(23)15(28-18)17(25)26/h2-3,6,12-15,18-19,22-24H,4-5H2,1H3,(H,25,26)/t12-,13-,14+,15-,18+/m0/s1. The molecule has 2 aromatic rings. The summed E-state index contributed by atoms with van der Waals surface area (Å²) in [6.45, 7) is 2.07. The first-order chi connectivity index (χ1) is 13.3. The number of aromatic amines is 1. The zero-order chi connectivity index (χ0) is 20.2. The minimum atomic E-state index is -1.78. The van der Waals surface area contributed by atoms with Gasteiger partial charge in [-0.2, -0.15) is 0 Å². The number of aromatic nitrogens is 1. The third-order valence-electron chi connectivity index (χ3n) is 5.16. The van der Waals surface area contributed by atoms with Crippen LogP contribution < -0.4 is 9.64 Å². The van der Waals surface area contributed by atoms with Crippen LogP contribution in [0.4, 0.5) is 5.82 Å². The lowest BCUT2D eigenvalue weighted by molar-refractivity contribution is -0.271. The Labute approximate surface area is 158 Å². The molecular weight excluding hydrogens is 372 g/mol. The van der Waals surface area contributed by atoms with Crippen LogP contribution in [0.2, 0.25) is 0 Å². The molecule has 5 atom stereocenters. The van der Waals surface area contributed by atoms with E-state index in [1.807, 2.05) is 0 Å². The highest BCUT2D eigenvalue weighted by atomic mass is 16.7. The van der Waals surface area contributed by atoms with E-state index in [0.717, 1.165) is 22.3 Å². The largest absolute Gasteiger partial charge is 0.479 e. The van der Waals surface area contributed by atoms with Gasteiger partial charge in [-0.1, -0.05) is 0 Å². The van der Waals surface area contributed by atoms with E-state index in [9.17, 15) is 24.9 Å². The van der Waals surface area contributed by atoms with Crippen molar-refractivity contribution in [2.45, 2.75) is 44.1 Å². The normalized spacial score (nSPS) is 29.7. The summed E-state index contributed by atoms with van der Waals surface area (Å²) in [6, 6.07) is 5.02. The number of aliphatic hydroxyl groups is 3. The number of fused-ring (bicyclic) bond motifs is 3. The van der Waals surface area contributed by atoms with Crippen molar-refractivity contribution in [1.29, 1.82) is 0 Å². The summed E-state index contributed by atoms with van der Waals surface area (Å²) in [7, 11) is 0. The molecule has 1 saturated heterocycles. The van der Waals surface area contributed by atoms with Gasteiger partial charge in [-0.25, -0.2) is 4.79 Å². The van der Waals surface area contributed by atoms with Gasteiger partial charge < -0.3 is 34.9 Å². The molecule has 1 aromatic carbocycles. The summed E-state index contributed by atoms with van der Waals surface area (Å²) < 4.78 is 10.7. The summed E-state index contributed by atoms with van der Waals surface area (Å²) in [5, 5.41) is 39.7. The Morgan fingerprint density at radius 1 is 1.21 bits per heavy atom. The first-order valence-corrected chi connectivity index (χ1v) is 8.79. The van der Waals surface area contributed by atoms with E-state index in [1.165, 1.54) is 6.92 Å². The van der Waals surface area contributed by atoms with Crippen LogP contribution >= 0.6 is 0 Å². The number of benzene rings is 1. The summed E-state index contributed by atoms with van der Waals surface area (Å²) in [6.07, 6.45) is -7.67. The minimum absolute atomic E-state index is 0.0623. The van der Waals surface area contributed by atoms with Gasteiger partial charge in [0.15, 0.2) is 6.10 Å². The molecule has 2 aliphatic heterocycles. The van der Waals surface area contributed by atoms with Gasteiger partial charge in [0.1, 0.15) is 29.9 Å². The number of rotatable bonds is 3. The fourth-order valence-corrected chi connectivity index (χ4v) is 3.70. The summed E-state index contributed by atoms with van der Waals surface area (Å²) >= 11 is 0. The first-order valence-electron chi connectivity index (χ1n) is 8.79. The molecule has 0 spiro atoms. The number of carboxylic acid groups (broad SMARTS) is 1. The Bertz CT molecular complexity index is 941. The van der Waals surface area contributed by atoms with Crippen LogP contribution in [0.15, 0.2) is 18.2 Å². The van der Waals surface area contributed by atoms with Crippen molar-refractivity contribution >= 4 is 28.6 Å². The number of aliphatic carboxylic acids is 1. The molecule has 5 N–H and O–H groups in total. The molecule has 0 radical (unpaired) electrons. The maximum atomic E-state index is 11.7. The van der Waals surface area contributed by atoms with Gasteiger partial charge >= 0.3 is 5.97 Å². The van der Waals surface area contributed by atoms with E-state index in [-0.39, 0.29) is 11.7 Å². The number of anilines is 1. The van der Waals surface area contributed by atoms with Crippen LogP contribution in [-0.2, 0) is 20.7 Å². The van der Waals surface area contributed by atoms with Gasteiger partial charge in [0.2, 0.25) is 12.2 Å². The number of H-pyrrole nitrogens is 1. The highest BCUT2D eigenvalue weighted by molar-refractivity contribution is 5.99. The van der Waals surface area contributed by atoms with Crippen LogP contribution in [0.5, 0.6) is 5.75 Å². The Kier molecular flexibility index (Phi) is 4.50. The summed E-state index contributed by atoms with van der Waals surface area (Å²) in [5.74, 6) is -0.520. The average molecular weight is 392 g/mol. The van der Waals surface area contributed by atoms with Crippen LogP contribution in [0.25, 0.3) is 10.9 Å². The van der Waals surface area contributed by atoms with Crippen LogP contribution in [-0.4, -0.2) is 74.5 Å². The SMILES string of the molecule is CC(=O)N1CCc2c1[nH]c1ccc(O[C@@H]3O[C@H](C(=O)O)[C@@H](O)[C@H](O)[C@H]3O)cc21. The minimum Gasteiger partial charge on any atom is -0.479 e. The van der Waals surface area contributed by atoms with E-state index in [4.69, 9.17) is 14.6 Å². The monoisotopic (exact) mass is 392 g/mol. The van der Waals surface area contributed by atoms with Crippen molar-refractivity contribution in [3.8, 4) is 5.75 Å². The Morgan fingerprint density at radius 3 is 2.64 bits per heavy atom. The molecule has 0 aliphatic carbocycles. The molecule has 28 heavy (non-hydrogen) atoms. The zero-order valence-electron chi connectivity index (χ0n) is 14.9. The lowest BCUT2D eigenvalue weighted by Gasteiger charge is -2.38. The quantitative estimate of drug-likeness (QED) is 0.462. The zero-order valence-corrected chi connectivity index (χ0v) is 14.9. The molecule has 150 valence electrons. The van der Waals surface area contributed by atoms with Crippen LogP contribution in [0, 0.1) is 0 Å². The second-order valence-electron chi connectivity index (χ2n) is 6.93. The topological polar surface area (TPSA) is 153 Å². The van der Waals surface area contributed by atoms with E-state index in [2.05, 4.69) is 4.98 Å². The summed E-state index contributed by atoms with van der Waals surface area (Å²) in [5.41, 5.74) is 1.76. The molecule has 3 heterocycles. The van der Waals surface area contributed by atoms with Crippen molar-refractivity contribution in [3.05, 3.63) is 23.8 Å². The van der Waals surface area contributed by atoms with Crippen molar-refractivity contribution in [2.24, 2.45) is 0 Å². The molecule has 0 bridgehead atoms. The maximum absolute atomic E-state index is 11.7. The number of carbonyl (C=O) groups is 2.